The molecule has 1 spiro atoms. The van der Waals surface area contributed by atoms with Crippen molar-refractivity contribution in [2.24, 2.45) is 11.8 Å². The second-order valence-electron chi connectivity index (χ2n) is 8.78. The molecule has 0 aromatic heterocycles. The van der Waals surface area contributed by atoms with E-state index in [4.69, 9.17) is 16.3 Å². The molecule has 2 fully saturated rings. The van der Waals surface area contributed by atoms with E-state index in [1.165, 1.54) is 0 Å². The highest BCUT2D eigenvalue weighted by Gasteiger charge is 2.74. The summed E-state index contributed by atoms with van der Waals surface area (Å²) in [7, 11) is 0. The number of rotatable bonds is 3. The highest BCUT2D eigenvalue weighted by Crippen LogP contribution is 2.57. The fourth-order valence-electron chi connectivity index (χ4n) is 5.45. The van der Waals surface area contributed by atoms with Gasteiger partial charge in [0, 0.05) is 16.1 Å². The molecule has 3 atom stereocenters. The molecule has 7 heteroatoms. The molecule has 2 aliphatic heterocycles. The van der Waals surface area contributed by atoms with Crippen LogP contribution < -0.4 is 0 Å². The standard InChI is InChI=1S/C27H18ClNO5/c28-17-12-10-16(11-13-17)22-20-21(26(33)29(25(20)32)14-15-6-2-1-3-7-15)27(34-22)23(30)18-8-4-5-9-19(18)24(27)31/h1-13,20-22H,14H2/t20-,21-,22+/m0/s1. The molecule has 2 saturated heterocycles. The van der Waals surface area contributed by atoms with Gasteiger partial charge in [-0.2, -0.15) is 0 Å². The second-order valence-corrected chi connectivity index (χ2v) is 9.22. The Morgan fingerprint density at radius 1 is 0.765 bits per heavy atom. The number of nitrogens with zero attached hydrogens (tertiary/aromatic N) is 1. The lowest BCUT2D eigenvalue weighted by Crippen LogP contribution is -2.50. The van der Waals surface area contributed by atoms with Crippen LogP contribution in [0.25, 0.3) is 0 Å². The Morgan fingerprint density at radius 2 is 1.35 bits per heavy atom. The molecule has 2 heterocycles. The van der Waals surface area contributed by atoms with Gasteiger partial charge in [-0.3, -0.25) is 24.1 Å². The number of fused-ring (bicyclic) bond motifs is 3. The van der Waals surface area contributed by atoms with Gasteiger partial charge in [-0.15, -0.1) is 0 Å². The molecule has 0 radical (unpaired) electrons. The average molecular weight is 472 g/mol. The van der Waals surface area contributed by atoms with E-state index in [1.807, 2.05) is 30.3 Å². The first-order chi connectivity index (χ1) is 16.4. The number of benzene rings is 3. The number of hydrogen-bond donors (Lipinski definition) is 0. The number of amides is 2. The Kier molecular flexibility index (Phi) is 4.59. The first kappa shape index (κ1) is 21.0. The largest absolute Gasteiger partial charge is 0.349 e. The number of likely N-dealkylation sites (tertiary alicyclic amines) is 1. The molecular weight excluding hydrogens is 454 g/mol. The van der Waals surface area contributed by atoms with Crippen molar-refractivity contribution in [2.45, 2.75) is 18.2 Å². The van der Waals surface area contributed by atoms with Gasteiger partial charge in [0.2, 0.25) is 29.0 Å². The third-order valence-corrected chi connectivity index (χ3v) is 7.24. The Balaban J connectivity index is 1.49. The number of ketones is 2. The predicted molar refractivity (Wildman–Crippen MR) is 122 cm³/mol. The normalized spacial score (nSPS) is 24.7. The molecule has 6 nitrogen and oxygen atoms in total. The number of carbonyl (C=O) groups is 4. The van der Waals surface area contributed by atoms with Gasteiger partial charge < -0.3 is 4.74 Å². The summed E-state index contributed by atoms with van der Waals surface area (Å²) in [4.78, 5) is 55.9. The monoisotopic (exact) mass is 471 g/mol. The number of halogens is 1. The van der Waals surface area contributed by atoms with Crippen LogP contribution in [0.3, 0.4) is 0 Å². The molecule has 3 aromatic carbocycles. The van der Waals surface area contributed by atoms with Crippen molar-refractivity contribution in [1.82, 2.24) is 4.90 Å². The molecule has 1 aliphatic carbocycles. The van der Waals surface area contributed by atoms with Crippen molar-refractivity contribution in [1.29, 1.82) is 0 Å². The summed E-state index contributed by atoms with van der Waals surface area (Å²) in [5.74, 6) is -4.39. The van der Waals surface area contributed by atoms with Crippen molar-refractivity contribution >= 4 is 35.0 Å². The van der Waals surface area contributed by atoms with E-state index in [2.05, 4.69) is 0 Å². The van der Waals surface area contributed by atoms with Crippen LogP contribution in [0.5, 0.6) is 0 Å². The number of carbonyl (C=O) groups excluding carboxylic acids is 4. The van der Waals surface area contributed by atoms with Crippen LogP contribution in [-0.4, -0.2) is 33.9 Å². The van der Waals surface area contributed by atoms with E-state index in [0.29, 0.717) is 10.6 Å². The van der Waals surface area contributed by atoms with Crippen molar-refractivity contribution in [3.8, 4) is 0 Å². The van der Waals surface area contributed by atoms with Gasteiger partial charge in [0.15, 0.2) is 0 Å². The third-order valence-electron chi connectivity index (χ3n) is 6.99. The zero-order valence-corrected chi connectivity index (χ0v) is 18.6. The molecule has 34 heavy (non-hydrogen) atoms. The van der Waals surface area contributed by atoms with Crippen LogP contribution in [0.15, 0.2) is 78.9 Å². The van der Waals surface area contributed by atoms with Gasteiger partial charge >= 0.3 is 0 Å². The molecule has 0 unspecified atom stereocenters. The van der Waals surface area contributed by atoms with Crippen molar-refractivity contribution in [3.63, 3.8) is 0 Å². The fraction of sp³-hybridized carbons (Fsp3) is 0.185. The fourth-order valence-corrected chi connectivity index (χ4v) is 5.58. The number of imide groups is 1. The Hall–Kier alpha value is -3.61. The zero-order valence-electron chi connectivity index (χ0n) is 17.8. The maximum absolute atomic E-state index is 13.7. The minimum absolute atomic E-state index is 0.0598. The summed E-state index contributed by atoms with van der Waals surface area (Å²) >= 11 is 6.04. The van der Waals surface area contributed by atoms with Crippen LogP contribution in [0.2, 0.25) is 5.02 Å². The summed E-state index contributed by atoms with van der Waals surface area (Å²) in [5, 5.41) is 0.493. The molecule has 6 rings (SSSR count). The van der Waals surface area contributed by atoms with Gasteiger partial charge in [0.05, 0.1) is 24.5 Å². The molecule has 168 valence electrons. The SMILES string of the molecule is O=C1[C@@H]2[C@@H](c3ccc(Cl)cc3)OC3(C(=O)c4ccccc4C3=O)[C@@H]2C(=O)N1Cc1ccccc1. The summed E-state index contributed by atoms with van der Waals surface area (Å²) in [5.41, 5.74) is -0.281. The lowest BCUT2D eigenvalue weighted by Gasteiger charge is -2.27. The minimum atomic E-state index is -2.06. The highest BCUT2D eigenvalue weighted by atomic mass is 35.5. The third kappa shape index (κ3) is 2.73. The second kappa shape index (κ2) is 7.45. The molecule has 0 saturated carbocycles. The van der Waals surface area contributed by atoms with Gasteiger partial charge in [-0.25, -0.2) is 0 Å². The predicted octanol–water partition coefficient (Wildman–Crippen LogP) is 4.03. The Morgan fingerprint density at radius 3 is 1.97 bits per heavy atom. The van der Waals surface area contributed by atoms with E-state index in [1.54, 1.807) is 48.5 Å². The summed E-state index contributed by atoms with van der Waals surface area (Å²) in [6, 6.07) is 22.2. The Bertz CT molecular complexity index is 1330. The number of Topliss-reactive ketones (excluding diaryl/α,β-unsaturated/α-hetero) is 2. The van der Waals surface area contributed by atoms with E-state index in [-0.39, 0.29) is 17.7 Å². The van der Waals surface area contributed by atoms with Gasteiger partial charge in [-0.1, -0.05) is 78.3 Å². The van der Waals surface area contributed by atoms with Crippen molar-refractivity contribution in [2.75, 3.05) is 0 Å². The first-order valence-corrected chi connectivity index (χ1v) is 11.3. The van der Waals surface area contributed by atoms with Gasteiger partial charge in [-0.05, 0) is 23.3 Å². The van der Waals surface area contributed by atoms with Gasteiger partial charge in [0.25, 0.3) is 0 Å². The molecule has 0 N–H and O–H groups in total. The van der Waals surface area contributed by atoms with Crippen LogP contribution in [0, 0.1) is 11.8 Å². The quantitative estimate of drug-likeness (QED) is 0.425. The summed E-state index contributed by atoms with van der Waals surface area (Å²) in [6.45, 7) is 0.0598. The van der Waals surface area contributed by atoms with Crippen LogP contribution in [-0.2, 0) is 20.9 Å². The maximum Gasteiger partial charge on any atom is 0.237 e. The topological polar surface area (TPSA) is 80.8 Å². The van der Waals surface area contributed by atoms with Gasteiger partial charge in [0.1, 0.15) is 0 Å². The van der Waals surface area contributed by atoms with Crippen molar-refractivity contribution in [3.05, 3.63) is 106 Å². The number of ether oxygens (including phenoxy) is 1. The summed E-state index contributed by atoms with van der Waals surface area (Å²) < 4.78 is 6.24. The molecular formula is C27H18ClNO5. The van der Waals surface area contributed by atoms with E-state index in [0.717, 1.165) is 10.5 Å². The zero-order chi connectivity index (χ0) is 23.6. The summed E-state index contributed by atoms with van der Waals surface area (Å²) in [6.07, 6.45) is -0.943. The highest BCUT2D eigenvalue weighted by molar-refractivity contribution is 6.35. The minimum Gasteiger partial charge on any atom is -0.349 e. The molecule has 0 bridgehead atoms. The van der Waals surface area contributed by atoms with E-state index in [9.17, 15) is 19.2 Å². The Labute approximate surface area is 200 Å². The first-order valence-electron chi connectivity index (χ1n) is 10.9. The smallest absolute Gasteiger partial charge is 0.237 e. The molecule has 2 amide bonds. The van der Waals surface area contributed by atoms with Crippen molar-refractivity contribution < 1.29 is 23.9 Å². The average Bonchev–Trinajstić information content (AvgIpc) is 3.41. The lowest BCUT2D eigenvalue weighted by molar-refractivity contribution is -0.145. The van der Waals surface area contributed by atoms with Crippen LogP contribution >= 0.6 is 11.6 Å². The number of hydrogen-bond acceptors (Lipinski definition) is 5. The van der Waals surface area contributed by atoms with E-state index >= 15 is 0 Å². The van der Waals surface area contributed by atoms with E-state index < -0.39 is 46.9 Å². The lowest BCUT2D eigenvalue weighted by atomic mass is 9.77. The van der Waals surface area contributed by atoms with Crippen LogP contribution in [0.4, 0.5) is 0 Å². The maximum atomic E-state index is 13.7. The molecule has 3 aliphatic rings. The van der Waals surface area contributed by atoms with Crippen LogP contribution in [0.1, 0.15) is 37.9 Å². The molecule has 3 aromatic rings.